The third kappa shape index (κ3) is 4.92. The van der Waals surface area contributed by atoms with Gasteiger partial charge in [0.15, 0.2) is 4.34 Å². The molecule has 1 fully saturated rings. The van der Waals surface area contributed by atoms with Crippen LogP contribution in [0.5, 0.6) is 0 Å². The van der Waals surface area contributed by atoms with E-state index in [9.17, 15) is 4.79 Å². The van der Waals surface area contributed by atoms with Gasteiger partial charge in [0.05, 0.1) is 5.75 Å². The zero-order valence-electron chi connectivity index (χ0n) is 12.7. The molecule has 1 aliphatic rings. The fourth-order valence-electron chi connectivity index (χ4n) is 2.50. The smallest absolute Gasteiger partial charge is 0.234 e. The highest BCUT2D eigenvalue weighted by Gasteiger charge is 2.12. The van der Waals surface area contributed by atoms with Gasteiger partial charge < -0.3 is 11.1 Å². The van der Waals surface area contributed by atoms with E-state index >= 15 is 0 Å². The van der Waals surface area contributed by atoms with Gasteiger partial charge in [-0.15, -0.1) is 10.2 Å². The van der Waals surface area contributed by atoms with Crippen LogP contribution in [0.3, 0.4) is 0 Å². The average Bonchev–Trinajstić information content (AvgIpc) is 3.19. The van der Waals surface area contributed by atoms with Gasteiger partial charge in [-0.25, -0.2) is 0 Å². The molecule has 0 atom stereocenters. The fraction of sp³-hybridized carbons (Fsp3) is 0.400. The summed E-state index contributed by atoms with van der Waals surface area (Å²) >= 11 is 2.63. The maximum atomic E-state index is 11.9. The molecule has 122 valence electrons. The van der Waals surface area contributed by atoms with Gasteiger partial charge in [0, 0.05) is 12.2 Å². The third-order valence-electron chi connectivity index (χ3n) is 3.59. The molecule has 1 amide bonds. The molecule has 0 aliphatic carbocycles. The van der Waals surface area contributed by atoms with E-state index in [1.807, 2.05) is 12.1 Å². The highest BCUT2D eigenvalue weighted by molar-refractivity contribution is 8.01. The van der Waals surface area contributed by atoms with Gasteiger partial charge in [0.1, 0.15) is 0 Å². The zero-order chi connectivity index (χ0) is 16.1. The Morgan fingerprint density at radius 1 is 1.26 bits per heavy atom. The zero-order valence-corrected chi connectivity index (χ0v) is 14.3. The minimum atomic E-state index is -0.0592. The first kappa shape index (κ1) is 16.2. The molecule has 23 heavy (non-hydrogen) atoms. The quantitative estimate of drug-likeness (QED) is 0.779. The van der Waals surface area contributed by atoms with Crippen molar-refractivity contribution < 1.29 is 4.79 Å². The lowest BCUT2D eigenvalue weighted by Crippen LogP contribution is -2.18. The Balaban J connectivity index is 1.46. The van der Waals surface area contributed by atoms with Crippen molar-refractivity contribution in [1.82, 2.24) is 15.1 Å². The monoisotopic (exact) mass is 349 g/mol. The minimum absolute atomic E-state index is 0.0592. The molecular weight excluding hydrogens is 330 g/mol. The molecule has 1 aromatic carbocycles. The first-order valence-electron chi connectivity index (χ1n) is 7.52. The SMILES string of the molecule is Nc1nnc(SCC(=O)Nc2ccc(CN3CCCC3)cc2)s1. The maximum absolute atomic E-state index is 11.9. The summed E-state index contributed by atoms with van der Waals surface area (Å²) < 4.78 is 0.707. The molecule has 8 heteroatoms. The number of hydrogen-bond donors (Lipinski definition) is 2. The highest BCUT2D eigenvalue weighted by atomic mass is 32.2. The van der Waals surface area contributed by atoms with Gasteiger partial charge in [0.2, 0.25) is 11.0 Å². The predicted molar refractivity (Wildman–Crippen MR) is 94.6 cm³/mol. The summed E-state index contributed by atoms with van der Waals surface area (Å²) in [4.78, 5) is 14.4. The van der Waals surface area contributed by atoms with Crippen LogP contribution in [0.15, 0.2) is 28.6 Å². The van der Waals surface area contributed by atoms with Gasteiger partial charge in [-0.3, -0.25) is 9.69 Å². The lowest BCUT2D eigenvalue weighted by atomic mass is 10.2. The number of rotatable bonds is 6. The molecule has 0 saturated carbocycles. The van der Waals surface area contributed by atoms with Crippen molar-refractivity contribution in [2.24, 2.45) is 0 Å². The van der Waals surface area contributed by atoms with E-state index in [1.54, 1.807) is 0 Å². The molecule has 2 aromatic rings. The largest absolute Gasteiger partial charge is 0.374 e. The van der Waals surface area contributed by atoms with Crippen LogP contribution >= 0.6 is 23.1 Å². The molecule has 1 saturated heterocycles. The number of amides is 1. The van der Waals surface area contributed by atoms with Crippen LogP contribution in [0.2, 0.25) is 0 Å². The van der Waals surface area contributed by atoms with E-state index in [2.05, 4.69) is 32.5 Å². The van der Waals surface area contributed by atoms with E-state index < -0.39 is 0 Å². The molecule has 0 radical (unpaired) electrons. The molecular formula is C15H19N5OS2. The van der Waals surface area contributed by atoms with Crippen LogP contribution in [-0.2, 0) is 11.3 Å². The number of aromatic nitrogens is 2. The Labute approximate surface area is 143 Å². The van der Waals surface area contributed by atoms with Crippen LogP contribution < -0.4 is 11.1 Å². The van der Waals surface area contributed by atoms with E-state index in [1.165, 1.54) is 54.6 Å². The van der Waals surface area contributed by atoms with Crippen LogP contribution in [0.25, 0.3) is 0 Å². The van der Waals surface area contributed by atoms with Crippen molar-refractivity contribution in [2.45, 2.75) is 23.7 Å². The van der Waals surface area contributed by atoms with Gasteiger partial charge in [-0.1, -0.05) is 35.2 Å². The number of nitrogen functional groups attached to an aromatic ring is 1. The second-order valence-electron chi connectivity index (χ2n) is 5.42. The number of nitrogens with one attached hydrogen (secondary N) is 1. The Bertz CT molecular complexity index is 652. The van der Waals surface area contributed by atoms with Crippen LogP contribution in [-0.4, -0.2) is 39.8 Å². The van der Waals surface area contributed by atoms with E-state index in [-0.39, 0.29) is 5.91 Å². The molecule has 0 spiro atoms. The third-order valence-corrected chi connectivity index (χ3v) is 5.48. The van der Waals surface area contributed by atoms with Gasteiger partial charge >= 0.3 is 0 Å². The summed E-state index contributed by atoms with van der Waals surface area (Å²) in [5, 5.41) is 10.9. The van der Waals surface area contributed by atoms with Gasteiger partial charge in [-0.05, 0) is 43.6 Å². The fourth-order valence-corrected chi connectivity index (χ4v) is 3.93. The number of likely N-dealkylation sites (tertiary alicyclic amines) is 1. The average molecular weight is 349 g/mol. The number of carbonyl (C=O) groups is 1. The Kier molecular flexibility index (Phi) is 5.47. The normalized spacial score (nSPS) is 15.0. The Hall–Kier alpha value is -1.64. The highest BCUT2D eigenvalue weighted by Crippen LogP contribution is 2.23. The first-order valence-corrected chi connectivity index (χ1v) is 9.32. The summed E-state index contributed by atoms with van der Waals surface area (Å²) in [6, 6.07) is 8.06. The summed E-state index contributed by atoms with van der Waals surface area (Å²) in [6.45, 7) is 3.36. The van der Waals surface area contributed by atoms with Crippen LogP contribution in [0.1, 0.15) is 18.4 Å². The molecule has 0 bridgehead atoms. The number of anilines is 2. The first-order chi connectivity index (χ1) is 11.2. The lowest BCUT2D eigenvalue weighted by molar-refractivity contribution is -0.113. The van der Waals surface area contributed by atoms with Crippen molar-refractivity contribution in [3.63, 3.8) is 0 Å². The van der Waals surface area contributed by atoms with Crippen molar-refractivity contribution in [1.29, 1.82) is 0 Å². The number of nitrogens with two attached hydrogens (primary N) is 1. The summed E-state index contributed by atoms with van der Waals surface area (Å²) in [5.41, 5.74) is 7.61. The van der Waals surface area contributed by atoms with Gasteiger partial charge in [0.25, 0.3) is 0 Å². The van der Waals surface area contributed by atoms with Gasteiger partial charge in [-0.2, -0.15) is 0 Å². The molecule has 0 unspecified atom stereocenters. The van der Waals surface area contributed by atoms with Crippen LogP contribution in [0, 0.1) is 0 Å². The molecule has 3 rings (SSSR count). The standard InChI is InChI=1S/C15H19N5OS2/c16-14-18-19-15(23-14)22-10-13(21)17-12-5-3-11(4-6-12)9-20-7-1-2-8-20/h3-6H,1-2,7-10H2,(H2,16,18)(H,17,21). The maximum Gasteiger partial charge on any atom is 0.234 e. The topological polar surface area (TPSA) is 84.1 Å². The molecule has 1 aromatic heterocycles. The molecule has 3 N–H and O–H groups in total. The molecule has 6 nitrogen and oxygen atoms in total. The number of thioether (sulfide) groups is 1. The second kappa shape index (κ2) is 7.76. The number of nitrogens with zero attached hydrogens (tertiary/aromatic N) is 3. The minimum Gasteiger partial charge on any atom is -0.374 e. The number of benzene rings is 1. The number of hydrogen-bond acceptors (Lipinski definition) is 7. The Morgan fingerprint density at radius 3 is 2.65 bits per heavy atom. The van der Waals surface area contributed by atoms with Crippen molar-refractivity contribution in [2.75, 3.05) is 29.9 Å². The second-order valence-corrected chi connectivity index (χ2v) is 7.65. The van der Waals surface area contributed by atoms with Crippen molar-refractivity contribution in [3.8, 4) is 0 Å². The summed E-state index contributed by atoms with van der Waals surface area (Å²) in [7, 11) is 0. The van der Waals surface area contributed by atoms with Crippen molar-refractivity contribution in [3.05, 3.63) is 29.8 Å². The van der Waals surface area contributed by atoms with Crippen molar-refractivity contribution >= 4 is 39.8 Å². The number of carbonyl (C=O) groups excluding carboxylic acids is 1. The lowest BCUT2D eigenvalue weighted by Gasteiger charge is -2.14. The molecule has 1 aliphatic heterocycles. The molecule has 2 heterocycles. The van der Waals surface area contributed by atoms with E-state index in [0.717, 1.165) is 12.2 Å². The summed E-state index contributed by atoms with van der Waals surface area (Å²) in [6.07, 6.45) is 2.60. The summed E-state index contributed by atoms with van der Waals surface area (Å²) in [5.74, 6) is 0.237. The predicted octanol–water partition coefficient (Wildman–Crippen LogP) is 2.45. The van der Waals surface area contributed by atoms with Crippen LogP contribution in [0.4, 0.5) is 10.8 Å². The Morgan fingerprint density at radius 2 is 2.00 bits per heavy atom. The van der Waals surface area contributed by atoms with E-state index in [0.29, 0.717) is 15.2 Å². The van der Waals surface area contributed by atoms with E-state index in [4.69, 9.17) is 5.73 Å².